The van der Waals surface area contributed by atoms with E-state index in [0.29, 0.717) is 11.8 Å². The minimum absolute atomic E-state index is 0.0522. The third kappa shape index (κ3) is 4.11. The highest BCUT2D eigenvalue weighted by molar-refractivity contribution is 7.99. The summed E-state index contributed by atoms with van der Waals surface area (Å²) >= 11 is 7.74. The molecule has 0 aliphatic carbocycles. The summed E-state index contributed by atoms with van der Waals surface area (Å²) in [5.74, 6) is 2.49. The van der Waals surface area contributed by atoms with Crippen LogP contribution in [0.25, 0.3) is 0 Å². The number of hydrogen-bond donors (Lipinski definition) is 2. The number of aryl methyl sites for hydroxylation is 1. The van der Waals surface area contributed by atoms with Crippen molar-refractivity contribution in [3.63, 3.8) is 0 Å². The van der Waals surface area contributed by atoms with Gasteiger partial charge in [-0.3, -0.25) is 0 Å². The number of anilines is 1. The molecule has 0 saturated heterocycles. The molecule has 0 spiro atoms. The molecular weight excluding hydrogens is 306 g/mol. The Morgan fingerprint density at radius 3 is 2.90 bits per heavy atom. The van der Waals surface area contributed by atoms with Gasteiger partial charge in [0, 0.05) is 12.2 Å². The van der Waals surface area contributed by atoms with Gasteiger partial charge in [0.05, 0.1) is 23.2 Å². The number of aliphatic hydroxyl groups is 1. The molecule has 1 aromatic heterocycles. The maximum atomic E-state index is 9.69. The number of halogens is 1. The van der Waals surface area contributed by atoms with Gasteiger partial charge in [-0.2, -0.15) is 4.98 Å². The molecule has 2 rings (SSSR count). The van der Waals surface area contributed by atoms with Gasteiger partial charge >= 0.3 is 0 Å². The fourth-order valence-corrected chi connectivity index (χ4v) is 3.77. The summed E-state index contributed by atoms with van der Waals surface area (Å²) in [5.41, 5.74) is 1.01. The van der Waals surface area contributed by atoms with Crippen molar-refractivity contribution in [2.75, 3.05) is 17.7 Å². The predicted molar refractivity (Wildman–Crippen MR) is 89.1 cm³/mol. The van der Waals surface area contributed by atoms with Gasteiger partial charge in [-0.25, -0.2) is 4.98 Å². The standard InChI is InChI=1S/C15H22ClN3OS/c1-4-9(2)7-10(3)12(8-20)17-14-13-11(5-6-21-13)18-15(16)19-14/h4,9-10,12,20H,1,5-8H2,2-3H3,(H,17,18,19)/t9-,10?,12-/m0/s1. The van der Waals surface area contributed by atoms with Crippen molar-refractivity contribution in [1.82, 2.24) is 9.97 Å². The average Bonchev–Trinajstić information content (AvgIpc) is 2.92. The van der Waals surface area contributed by atoms with E-state index in [1.807, 2.05) is 6.08 Å². The Hall–Kier alpha value is -0.780. The van der Waals surface area contributed by atoms with Crippen LogP contribution < -0.4 is 5.32 Å². The van der Waals surface area contributed by atoms with Gasteiger partial charge in [0.25, 0.3) is 0 Å². The number of allylic oxidation sites excluding steroid dienone is 1. The van der Waals surface area contributed by atoms with E-state index in [0.717, 1.165) is 35.0 Å². The maximum absolute atomic E-state index is 9.69. The van der Waals surface area contributed by atoms with Crippen LogP contribution in [0.1, 0.15) is 26.0 Å². The lowest BCUT2D eigenvalue weighted by Gasteiger charge is -2.26. The number of hydrogen-bond acceptors (Lipinski definition) is 5. The van der Waals surface area contributed by atoms with Crippen LogP contribution in [-0.4, -0.2) is 33.5 Å². The molecule has 3 atom stereocenters. The zero-order valence-electron chi connectivity index (χ0n) is 12.5. The van der Waals surface area contributed by atoms with E-state index < -0.39 is 0 Å². The van der Waals surface area contributed by atoms with Crippen molar-refractivity contribution < 1.29 is 5.11 Å². The zero-order chi connectivity index (χ0) is 15.4. The molecule has 0 bridgehead atoms. The normalized spacial score (nSPS) is 17.9. The first kappa shape index (κ1) is 16.6. The second-order valence-corrected chi connectivity index (χ2v) is 7.02. The van der Waals surface area contributed by atoms with E-state index >= 15 is 0 Å². The second kappa shape index (κ2) is 7.47. The Morgan fingerprint density at radius 2 is 2.24 bits per heavy atom. The highest BCUT2D eigenvalue weighted by Gasteiger charge is 2.24. The molecule has 1 aromatic rings. The SMILES string of the molecule is C=C[C@H](C)CC(C)[C@H](CO)Nc1nc(Cl)nc2c1SCC2. The topological polar surface area (TPSA) is 58.0 Å². The summed E-state index contributed by atoms with van der Waals surface area (Å²) in [4.78, 5) is 9.65. The van der Waals surface area contributed by atoms with Crippen molar-refractivity contribution in [3.8, 4) is 0 Å². The highest BCUT2D eigenvalue weighted by Crippen LogP contribution is 2.36. The summed E-state index contributed by atoms with van der Waals surface area (Å²) in [6.07, 6.45) is 3.83. The molecule has 0 aromatic carbocycles. The number of nitrogens with zero attached hydrogens (tertiary/aromatic N) is 2. The summed E-state index contributed by atoms with van der Waals surface area (Å²) in [5, 5.41) is 13.3. The van der Waals surface area contributed by atoms with Crippen molar-refractivity contribution in [3.05, 3.63) is 23.6 Å². The summed E-state index contributed by atoms with van der Waals surface area (Å²) in [6, 6.07) is -0.0522. The van der Waals surface area contributed by atoms with Gasteiger partial charge in [-0.05, 0) is 29.9 Å². The number of aromatic nitrogens is 2. The van der Waals surface area contributed by atoms with E-state index in [-0.39, 0.29) is 17.9 Å². The zero-order valence-corrected chi connectivity index (χ0v) is 14.0. The monoisotopic (exact) mass is 327 g/mol. The molecule has 0 fully saturated rings. The van der Waals surface area contributed by atoms with Gasteiger partial charge in [-0.15, -0.1) is 18.3 Å². The minimum Gasteiger partial charge on any atom is -0.394 e. The Bertz CT molecular complexity index is 512. The van der Waals surface area contributed by atoms with Crippen molar-refractivity contribution in [2.24, 2.45) is 11.8 Å². The summed E-state index contributed by atoms with van der Waals surface area (Å²) < 4.78 is 0. The molecule has 6 heteroatoms. The number of fused-ring (bicyclic) bond motifs is 1. The molecular formula is C15H22ClN3OS. The van der Waals surface area contributed by atoms with Crippen LogP contribution >= 0.6 is 23.4 Å². The minimum atomic E-state index is -0.0522. The van der Waals surface area contributed by atoms with Crippen LogP contribution in [0, 0.1) is 11.8 Å². The van der Waals surface area contributed by atoms with Gasteiger partial charge in [0.1, 0.15) is 5.82 Å². The third-order valence-corrected chi connectivity index (χ3v) is 5.14. The molecule has 1 aliphatic heterocycles. The number of thioether (sulfide) groups is 1. The molecule has 0 radical (unpaired) electrons. The van der Waals surface area contributed by atoms with Gasteiger partial charge in [0.2, 0.25) is 5.28 Å². The van der Waals surface area contributed by atoms with E-state index in [4.69, 9.17) is 11.6 Å². The lowest BCUT2D eigenvalue weighted by Crippen LogP contribution is -2.32. The Kier molecular flexibility index (Phi) is 5.90. The first-order valence-corrected chi connectivity index (χ1v) is 8.60. The maximum Gasteiger partial charge on any atom is 0.224 e. The summed E-state index contributed by atoms with van der Waals surface area (Å²) in [7, 11) is 0. The quantitative estimate of drug-likeness (QED) is 0.594. The molecule has 0 amide bonds. The van der Waals surface area contributed by atoms with Crippen LogP contribution in [0.3, 0.4) is 0 Å². The molecule has 2 N–H and O–H groups in total. The molecule has 0 saturated carbocycles. The van der Waals surface area contributed by atoms with Gasteiger partial charge in [-0.1, -0.05) is 19.9 Å². The number of aliphatic hydroxyl groups excluding tert-OH is 1. The van der Waals surface area contributed by atoms with E-state index in [9.17, 15) is 5.11 Å². The smallest absolute Gasteiger partial charge is 0.224 e. The van der Waals surface area contributed by atoms with Gasteiger partial charge in [0.15, 0.2) is 0 Å². The van der Waals surface area contributed by atoms with Crippen LogP contribution in [0.5, 0.6) is 0 Å². The Labute approximate surface area is 135 Å². The van der Waals surface area contributed by atoms with Crippen molar-refractivity contribution in [2.45, 2.75) is 37.6 Å². The number of nitrogens with one attached hydrogen (secondary N) is 1. The molecule has 21 heavy (non-hydrogen) atoms. The lowest BCUT2D eigenvalue weighted by atomic mass is 9.91. The lowest BCUT2D eigenvalue weighted by molar-refractivity contribution is 0.233. The summed E-state index contributed by atoms with van der Waals surface area (Å²) in [6.45, 7) is 8.14. The van der Waals surface area contributed by atoms with Crippen molar-refractivity contribution in [1.29, 1.82) is 0 Å². The fraction of sp³-hybridized carbons (Fsp3) is 0.600. The highest BCUT2D eigenvalue weighted by atomic mass is 35.5. The van der Waals surface area contributed by atoms with E-state index in [1.165, 1.54) is 0 Å². The Balaban J connectivity index is 2.13. The van der Waals surface area contributed by atoms with Crippen LogP contribution in [0.15, 0.2) is 17.6 Å². The van der Waals surface area contributed by atoms with Crippen LogP contribution in [0.4, 0.5) is 5.82 Å². The molecule has 1 unspecified atom stereocenters. The molecule has 4 nitrogen and oxygen atoms in total. The molecule has 2 heterocycles. The third-order valence-electron chi connectivity index (χ3n) is 3.85. The predicted octanol–water partition coefficient (Wildman–Crippen LogP) is 3.40. The van der Waals surface area contributed by atoms with Gasteiger partial charge < -0.3 is 10.4 Å². The Morgan fingerprint density at radius 1 is 1.48 bits per heavy atom. The second-order valence-electron chi connectivity index (χ2n) is 5.57. The van der Waals surface area contributed by atoms with Crippen LogP contribution in [-0.2, 0) is 6.42 Å². The largest absolute Gasteiger partial charge is 0.394 e. The number of rotatable bonds is 7. The fourth-order valence-electron chi connectivity index (χ4n) is 2.53. The molecule has 1 aliphatic rings. The first-order chi connectivity index (χ1) is 10.0. The van der Waals surface area contributed by atoms with E-state index in [1.54, 1.807) is 11.8 Å². The first-order valence-electron chi connectivity index (χ1n) is 7.24. The molecule has 116 valence electrons. The van der Waals surface area contributed by atoms with Crippen molar-refractivity contribution >= 4 is 29.2 Å². The average molecular weight is 328 g/mol. The van der Waals surface area contributed by atoms with Crippen LogP contribution in [0.2, 0.25) is 5.28 Å². The van der Waals surface area contributed by atoms with E-state index in [2.05, 4.69) is 35.7 Å².